The molecule has 0 amide bonds. The van der Waals surface area contributed by atoms with Crippen LogP contribution in [0.2, 0.25) is 0 Å². The molecule has 4 atom stereocenters. The summed E-state index contributed by atoms with van der Waals surface area (Å²) in [6.45, 7) is 38.4. The van der Waals surface area contributed by atoms with Crippen LogP contribution in [-0.4, -0.2) is 56.1 Å². The van der Waals surface area contributed by atoms with E-state index in [0.717, 1.165) is 69.4 Å². The highest BCUT2D eigenvalue weighted by molar-refractivity contribution is 5.83. The molecule has 0 saturated carbocycles. The third kappa shape index (κ3) is 7.92. The van der Waals surface area contributed by atoms with E-state index < -0.39 is 6.10 Å². The summed E-state index contributed by atoms with van der Waals surface area (Å²) < 4.78 is 36.4. The minimum absolute atomic E-state index is 0.126. The summed E-state index contributed by atoms with van der Waals surface area (Å²) in [5.41, 5.74) is 24.0. The minimum atomic E-state index is -0.813. The van der Waals surface area contributed by atoms with Gasteiger partial charge in [0.25, 0.3) is 0 Å². The highest BCUT2D eigenvalue weighted by Crippen LogP contribution is 2.46. The second-order valence-electron chi connectivity index (χ2n) is 17.1. The Morgan fingerprint density at radius 2 is 0.807 bits per heavy atom. The topological polar surface area (TPSA) is 82.2 Å². The van der Waals surface area contributed by atoms with Gasteiger partial charge in [0, 0.05) is 0 Å². The van der Waals surface area contributed by atoms with E-state index in [2.05, 4.69) is 111 Å². The zero-order valence-corrected chi connectivity index (χ0v) is 37.7. The molecule has 0 radical (unpaired) electrons. The van der Waals surface area contributed by atoms with Gasteiger partial charge in [-0.05, 0) is 235 Å². The Bertz CT molecular complexity index is 2130. The zero-order chi connectivity index (χ0) is 41.9. The smallest absolute Gasteiger partial charge is 0.226 e. The van der Waals surface area contributed by atoms with Crippen molar-refractivity contribution < 1.29 is 33.5 Å². The van der Waals surface area contributed by atoms with Crippen LogP contribution in [0.3, 0.4) is 0 Å². The largest absolute Gasteiger partial charge is 0.490 e. The fourth-order valence-corrected chi connectivity index (χ4v) is 8.70. The fraction of sp³-hybridized carbons (Fsp3) is 0.520. The van der Waals surface area contributed by atoms with Crippen LogP contribution in [0.1, 0.15) is 107 Å². The molecule has 2 heterocycles. The summed E-state index contributed by atoms with van der Waals surface area (Å²) in [6, 6.07) is 0. The molecule has 7 heteroatoms. The van der Waals surface area contributed by atoms with E-state index in [0.29, 0.717) is 6.61 Å². The summed E-state index contributed by atoms with van der Waals surface area (Å²) in [7, 11) is 0. The molecule has 308 valence electrons. The summed E-state index contributed by atoms with van der Waals surface area (Å²) in [6.07, 6.45) is 0.203. The second kappa shape index (κ2) is 16.3. The summed E-state index contributed by atoms with van der Waals surface area (Å²) in [4.78, 5) is 0. The van der Waals surface area contributed by atoms with Crippen LogP contribution in [-0.2, 0) is 15.9 Å². The van der Waals surface area contributed by atoms with E-state index in [-0.39, 0.29) is 31.7 Å². The van der Waals surface area contributed by atoms with Crippen LogP contribution in [0, 0.1) is 111 Å². The maximum Gasteiger partial charge on any atom is 0.226 e. The van der Waals surface area contributed by atoms with Crippen LogP contribution >= 0.6 is 0 Å². The number of ether oxygens (including phenoxy) is 6. The first-order valence-electron chi connectivity index (χ1n) is 20.7. The zero-order valence-electron chi connectivity index (χ0n) is 37.7. The van der Waals surface area contributed by atoms with Crippen molar-refractivity contribution in [3.63, 3.8) is 0 Å². The van der Waals surface area contributed by atoms with Crippen LogP contribution in [0.4, 0.5) is 0 Å². The van der Waals surface area contributed by atoms with Crippen LogP contribution < -0.4 is 18.9 Å². The van der Waals surface area contributed by atoms with Crippen molar-refractivity contribution in [1.29, 1.82) is 0 Å². The quantitative estimate of drug-likeness (QED) is 0.128. The molecule has 0 spiro atoms. The molecule has 0 aliphatic carbocycles. The van der Waals surface area contributed by atoms with E-state index in [4.69, 9.17) is 28.4 Å². The first-order valence-corrected chi connectivity index (χ1v) is 20.7. The number of rotatable bonds is 14. The van der Waals surface area contributed by atoms with Gasteiger partial charge in [-0.25, -0.2) is 0 Å². The molecule has 1 N–H and O–H groups in total. The first kappa shape index (κ1) is 42.6. The molecule has 0 aromatic heterocycles. The van der Waals surface area contributed by atoms with Gasteiger partial charge < -0.3 is 33.5 Å². The predicted octanol–water partition coefficient (Wildman–Crippen LogP) is 10.6. The fourth-order valence-electron chi connectivity index (χ4n) is 8.70. The van der Waals surface area contributed by atoms with E-state index in [1.807, 2.05) is 6.92 Å². The van der Waals surface area contributed by atoms with Crippen molar-refractivity contribution in [1.82, 2.24) is 0 Å². The molecule has 2 aliphatic rings. The number of epoxide rings is 2. The van der Waals surface area contributed by atoms with Gasteiger partial charge in [0.2, 0.25) is 6.29 Å². The molecular weight excluding hydrogens is 713 g/mol. The Morgan fingerprint density at radius 3 is 1.14 bits per heavy atom. The average molecular weight is 779 g/mol. The van der Waals surface area contributed by atoms with Crippen molar-refractivity contribution in [2.24, 2.45) is 0 Å². The molecule has 4 aromatic rings. The van der Waals surface area contributed by atoms with Crippen molar-refractivity contribution in [2.75, 3.05) is 26.4 Å². The van der Waals surface area contributed by atoms with Crippen molar-refractivity contribution in [3.8, 4) is 34.1 Å². The van der Waals surface area contributed by atoms with E-state index in [1.54, 1.807) is 0 Å². The molecule has 4 unspecified atom stereocenters. The van der Waals surface area contributed by atoms with Gasteiger partial charge in [0.05, 0.1) is 6.61 Å². The third-order valence-electron chi connectivity index (χ3n) is 13.7. The van der Waals surface area contributed by atoms with Crippen LogP contribution in [0.5, 0.6) is 23.0 Å². The number of hydrogen-bond donors (Lipinski definition) is 1. The average Bonchev–Trinajstić information content (AvgIpc) is 4.12. The van der Waals surface area contributed by atoms with Gasteiger partial charge in [-0.15, -0.1) is 0 Å². The Balaban J connectivity index is 1.18. The van der Waals surface area contributed by atoms with E-state index in [9.17, 15) is 5.11 Å². The number of aliphatic hydroxyl groups is 1. The minimum Gasteiger partial charge on any atom is -0.490 e. The number of benzene rings is 4. The second-order valence-corrected chi connectivity index (χ2v) is 17.1. The maximum absolute atomic E-state index is 11.3. The summed E-state index contributed by atoms with van der Waals surface area (Å²) in [5.74, 6) is 3.59. The lowest BCUT2D eigenvalue weighted by molar-refractivity contribution is 0.0616. The van der Waals surface area contributed by atoms with E-state index in [1.165, 1.54) is 77.9 Å². The molecule has 0 bridgehead atoms. The van der Waals surface area contributed by atoms with Crippen molar-refractivity contribution in [2.45, 2.75) is 149 Å². The van der Waals surface area contributed by atoms with Gasteiger partial charge >= 0.3 is 0 Å². The Morgan fingerprint density at radius 1 is 0.491 bits per heavy atom. The Kier molecular flexibility index (Phi) is 12.2. The normalized spacial score (nSPS) is 17.8. The van der Waals surface area contributed by atoms with Crippen LogP contribution in [0.15, 0.2) is 0 Å². The predicted molar refractivity (Wildman–Crippen MR) is 231 cm³/mol. The summed E-state index contributed by atoms with van der Waals surface area (Å²) >= 11 is 0. The lowest BCUT2D eigenvalue weighted by atomic mass is 9.82. The van der Waals surface area contributed by atoms with Gasteiger partial charge in [0.15, 0.2) is 0 Å². The van der Waals surface area contributed by atoms with Gasteiger partial charge in [-0.2, -0.15) is 0 Å². The molecule has 2 aliphatic heterocycles. The molecule has 2 saturated heterocycles. The lowest BCUT2D eigenvalue weighted by Crippen LogP contribution is -2.26. The highest BCUT2D eigenvalue weighted by Gasteiger charge is 2.38. The molecule has 4 aromatic carbocycles. The molecule has 2 fully saturated rings. The molecule has 6 rings (SSSR count). The Hall–Kier alpha value is -4.04. The lowest BCUT2D eigenvalue weighted by Gasteiger charge is -2.26. The van der Waals surface area contributed by atoms with Crippen molar-refractivity contribution in [3.05, 3.63) is 100 Å². The van der Waals surface area contributed by atoms with Crippen LogP contribution in [0.25, 0.3) is 11.1 Å². The number of hydrogen-bond acceptors (Lipinski definition) is 7. The van der Waals surface area contributed by atoms with Gasteiger partial charge in [-0.1, -0.05) is 0 Å². The van der Waals surface area contributed by atoms with E-state index >= 15 is 0 Å². The van der Waals surface area contributed by atoms with Gasteiger partial charge in [-0.3, -0.25) is 0 Å². The summed E-state index contributed by atoms with van der Waals surface area (Å²) in [5, 5.41) is 11.3. The molecule has 57 heavy (non-hydrogen) atoms. The van der Waals surface area contributed by atoms with Crippen molar-refractivity contribution >= 4 is 0 Å². The highest BCUT2D eigenvalue weighted by atomic mass is 16.8. The molecular formula is C50H66O7. The molecule has 7 nitrogen and oxygen atoms in total. The standard InChI is InChI=1S/C50H66O7/c1-23-31(9)46(32(10)24(2)42(23)18-43-25(3)33(11)47(34(12)26(43)4)55-22-41-21-52-41)53-19-40(51)20-54-48-35(13)27(5)44(28(6)36(48)14)45-29(7)37(15)49(38(16)30(45)8)57-50-39(17)56-50/h39-41,50-51H,18-22H2,1-17H3. The third-order valence-corrected chi connectivity index (χ3v) is 13.7. The van der Waals surface area contributed by atoms with Gasteiger partial charge in [0.1, 0.15) is 61.1 Å². The monoisotopic (exact) mass is 778 g/mol. The number of aliphatic hydroxyl groups excluding tert-OH is 1. The SMILES string of the molecule is Cc1c(C)c(OCC(O)COc2c(C)c(C)c(-c3c(C)c(C)c(OC4OC4C)c(C)c3C)c(C)c2C)c(C)c(C)c1Cc1c(C)c(C)c(OCC2CO2)c(C)c1C. The first-order chi connectivity index (χ1) is 26.8. The maximum atomic E-state index is 11.3. The Labute approximate surface area is 342 Å².